The Balaban J connectivity index is 2.12. The van der Waals surface area contributed by atoms with E-state index in [-0.39, 0.29) is 0 Å². The standard InChI is InChI=1S/C14H13N3O2/c1-2-12(18)13-16-14(19-17-13)10-7-8-15-11-6-4-3-5-9(10)11/h3-8,12,18H,2H2,1H3. The van der Waals surface area contributed by atoms with Gasteiger partial charge in [-0.25, -0.2) is 0 Å². The molecule has 5 nitrogen and oxygen atoms in total. The minimum atomic E-state index is -0.689. The van der Waals surface area contributed by atoms with E-state index >= 15 is 0 Å². The third-order valence-corrected chi connectivity index (χ3v) is 3.01. The number of rotatable bonds is 3. The van der Waals surface area contributed by atoms with Gasteiger partial charge in [-0.1, -0.05) is 30.3 Å². The van der Waals surface area contributed by atoms with Crippen LogP contribution in [0.25, 0.3) is 22.4 Å². The maximum absolute atomic E-state index is 9.71. The lowest BCUT2D eigenvalue weighted by atomic mass is 10.1. The Labute approximate surface area is 109 Å². The first-order valence-corrected chi connectivity index (χ1v) is 6.15. The summed E-state index contributed by atoms with van der Waals surface area (Å²) in [5.41, 5.74) is 1.70. The molecule has 0 amide bonds. The van der Waals surface area contributed by atoms with Crippen molar-refractivity contribution in [2.45, 2.75) is 19.4 Å². The van der Waals surface area contributed by atoms with Crippen LogP contribution in [0.1, 0.15) is 25.3 Å². The Morgan fingerprint density at radius 3 is 2.95 bits per heavy atom. The van der Waals surface area contributed by atoms with Crippen molar-refractivity contribution in [2.24, 2.45) is 0 Å². The Kier molecular flexibility index (Phi) is 2.97. The van der Waals surface area contributed by atoms with E-state index in [1.54, 1.807) is 6.20 Å². The molecule has 3 aromatic rings. The van der Waals surface area contributed by atoms with Gasteiger partial charge in [0, 0.05) is 11.6 Å². The molecular formula is C14H13N3O2. The average molecular weight is 255 g/mol. The van der Waals surface area contributed by atoms with E-state index in [9.17, 15) is 5.11 Å². The largest absolute Gasteiger partial charge is 0.385 e. The average Bonchev–Trinajstić information content (AvgIpc) is 2.95. The highest BCUT2D eigenvalue weighted by molar-refractivity contribution is 5.91. The molecule has 1 atom stereocenters. The molecule has 0 saturated carbocycles. The summed E-state index contributed by atoms with van der Waals surface area (Å²) in [6.45, 7) is 1.86. The van der Waals surface area contributed by atoms with Crippen molar-refractivity contribution < 1.29 is 9.63 Å². The van der Waals surface area contributed by atoms with Gasteiger partial charge in [-0.05, 0) is 18.6 Å². The van der Waals surface area contributed by atoms with E-state index in [0.717, 1.165) is 16.5 Å². The van der Waals surface area contributed by atoms with Gasteiger partial charge in [0.1, 0.15) is 6.10 Å². The Morgan fingerprint density at radius 1 is 1.26 bits per heavy atom. The smallest absolute Gasteiger partial charge is 0.258 e. The second-order valence-electron chi connectivity index (χ2n) is 4.26. The van der Waals surface area contributed by atoms with Crippen LogP contribution in [0.2, 0.25) is 0 Å². The molecular weight excluding hydrogens is 242 g/mol. The van der Waals surface area contributed by atoms with Crippen LogP contribution in [0, 0.1) is 0 Å². The summed E-state index contributed by atoms with van der Waals surface area (Å²) in [5.74, 6) is 0.722. The van der Waals surface area contributed by atoms with E-state index in [1.807, 2.05) is 37.3 Å². The summed E-state index contributed by atoms with van der Waals surface area (Å²) in [4.78, 5) is 8.53. The number of para-hydroxylation sites is 1. The normalized spacial score (nSPS) is 12.7. The molecule has 0 saturated heterocycles. The number of aliphatic hydroxyl groups is 1. The summed E-state index contributed by atoms with van der Waals surface area (Å²) in [7, 11) is 0. The topological polar surface area (TPSA) is 72.0 Å². The Bertz CT molecular complexity index is 703. The summed E-state index contributed by atoms with van der Waals surface area (Å²) in [6, 6.07) is 9.58. The van der Waals surface area contributed by atoms with Gasteiger partial charge in [-0.3, -0.25) is 4.98 Å². The number of nitrogens with zero attached hydrogens (tertiary/aromatic N) is 3. The number of aliphatic hydroxyl groups excluding tert-OH is 1. The van der Waals surface area contributed by atoms with Crippen molar-refractivity contribution in [3.63, 3.8) is 0 Å². The Hall–Kier alpha value is -2.27. The molecule has 5 heteroatoms. The van der Waals surface area contributed by atoms with Crippen LogP contribution in [-0.4, -0.2) is 20.2 Å². The van der Waals surface area contributed by atoms with Crippen molar-refractivity contribution >= 4 is 10.9 Å². The molecule has 0 aliphatic rings. The molecule has 1 N–H and O–H groups in total. The highest BCUT2D eigenvalue weighted by Crippen LogP contribution is 2.26. The fourth-order valence-corrected chi connectivity index (χ4v) is 1.94. The van der Waals surface area contributed by atoms with Crippen LogP contribution in [0.4, 0.5) is 0 Å². The molecule has 19 heavy (non-hydrogen) atoms. The second kappa shape index (κ2) is 4.78. The molecule has 2 heterocycles. The van der Waals surface area contributed by atoms with Crippen LogP contribution in [0.5, 0.6) is 0 Å². The number of hydrogen-bond acceptors (Lipinski definition) is 5. The summed E-state index contributed by atoms with van der Waals surface area (Å²) in [5, 5.41) is 14.5. The zero-order valence-electron chi connectivity index (χ0n) is 10.4. The monoisotopic (exact) mass is 255 g/mol. The summed E-state index contributed by atoms with van der Waals surface area (Å²) in [6.07, 6.45) is 1.57. The number of hydrogen-bond donors (Lipinski definition) is 1. The van der Waals surface area contributed by atoms with Gasteiger partial charge in [-0.15, -0.1) is 0 Å². The van der Waals surface area contributed by atoms with E-state index in [4.69, 9.17) is 4.52 Å². The first kappa shape index (κ1) is 11.8. The van der Waals surface area contributed by atoms with Gasteiger partial charge in [0.15, 0.2) is 0 Å². The fourth-order valence-electron chi connectivity index (χ4n) is 1.94. The zero-order valence-corrected chi connectivity index (χ0v) is 10.4. The number of fused-ring (bicyclic) bond motifs is 1. The maximum Gasteiger partial charge on any atom is 0.258 e. The molecule has 1 aromatic carbocycles. The van der Waals surface area contributed by atoms with Gasteiger partial charge in [0.2, 0.25) is 5.82 Å². The van der Waals surface area contributed by atoms with Crippen molar-refractivity contribution in [2.75, 3.05) is 0 Å². The van der Waals surface area contributed by atoms with Crippen molar-refractivity contribution in [1.29, 1.82) is 0 Å². The molecule has 0 fully saturated rings. The van der Waals surface area contributed by atoms with Crippen LogP contribution < -0.4 is 0 Å². The molecule has 0 radical (unpaired) electrons. The van der Waals surface area contributed by atoms with Crippen molar-refractivity contribution in [1.82, 2.24) is 15.1 Å². The van der Waals surface area contributed by atoms with E-state index in [2.05, 4.69) is 15.1 Å². The lowest BCUT2D eigenvalue weighted by molar-refractivity contribution is 0.159. The Morgan fingerprint density at radius 2 is 2.11 bits per heavy atom. The van der Waals surface area contributed by atoms with E-state index in [1.165, 1.54) is 0 Å². The van der Waals surface area contributed by atoms with E-state index in [0.29, 0.717) is 18.1 Å². The van der Waals surface area contributed by atoms with Crippen LogP contribution in [0.3, 0.4) is 0 Å². The van der Waals surface area contributed by atoms with Crippen LogP contribution in [0.15, 0.2) is 41.1 Å². The van der Waals surface area contributed by atoms with Gasteiger partial charge in [-0.2, -0.15) is 4.98 Å². The predicted octanol–water partition coefficient (Wildman–Crippen LogP) is 2.73. The molecule has 0 aliphatic carbocycles. The lowest BCUT2D eigenvalue weighted by Gasteiger charge is -2.01. The quantitative estimate of drug-likeness (QED) is 0.779. The third kappa shape index (κ3) is 2.08. The SMILES string of the molecule is CCC(O)c1noc(-c2ccnc3ccccc23)n1. The number of pyridine rings is 1. The van der Waals surface area contributed by atoms with Gasteiger partial charge in [0.05, 0.1) is 11.1 Å². The molecule has 3 rings (SSSR count). The fraction of sp³-hybridized carbons (Fsp3) is 0.214. The van der Waals surface area contributed by atoms with E-state index < -0.39 is 6.10 Å². The number of benzene rings is 1. The van der Waals surface area contributed by atoms with Crippen LogP contribution in [-0.2, 0) is 0 Å². The van der Waals surface area contributed by atoms with Gasteiger partial charge in [0.25, 0.3) is 5.89 Å². The van der Waals surface area contributed by atoms with Crippen molar-refractivity contribution in [3.05, 3.63) is 42.4 Å². The molecule has 0 aliphatic heterocycles. The molecule has 96 valence electrons. The minimum absolute atomic E-state index is 0.318. The minimum Gasteiger partial charge on any atom is -0.385 e. The maximum atomic E-state index is 9.71. The van der Waals surface area contributed by atoms with Gasteiger partial charge < -0.3 is 9.63 Å². The molecule has 1 unspecified atom stereocenters. The first-order valence-electron chi connectivity index (χ1n) is 6.15. The van der Waals surface area contributed by atoms with Crippen LogP contribution >= 0.6 is 0 Å². The lowest BCUT2D eigenvalue weighted by Crippen LogP contribution is -1.97. The first-order chi connectivity index (χ1) is 9.29. The second-order valence-corrected chi connectivity index (χ2v) is 4.26. The predicted molar refractivity (Wildman–Crippen MR) is 70.3 cm³/mol. The molecule has 2 aromatic heterocycles. The summed E-state index contributed by atoms with van der Waals surface area (Å²) >= 11 is 0. The molecule has 0 spiro atoms. The molecule has 0 bridgehead atoms. The van der Waals surface area contributed by atoms with Crippen molar-refractivity contribution in [3.8, 4) is 11.5 Å². The zero-order chi connectivity index (χ0) is 13.2. The third-order valence-electron chi connectivity index (χ3n) is 3.01. The highest BCUT2D eigenvalue weighted by atomic mass is 16.5. The summed E-state index contributed by atoms with van der Waals surface area (Å²) < 4.78 is 5.23. The van der Waals surface area contributed by atoms with Gasteiger partial charge >= 0.3 is 0 Å². The number of aromatic nitrogens is 3. The highest BCUT2D eigenvalue weighted by Gasteiger charge is 2.16.